The van der Waals surface area contributed by atoms with Crippen LogP contribution in [0.25, 0.3) is 11.3 Å². The Kier molecular flexibility index (Phi) is 5.81. The van der Waals surface area contributed by atoms with Crippen LogP contribution in [0.5, 0.6) is 5.75 Å². The number of halogens is 4. The fourth-order valence-corrected chi connectivity index (χ4v) is 3.85. The lowest BCUT2D eigenvalue weighted by Crippen LogP contribution is -2.23. The second-order valence-electron chi connectivity index (χ2n) is 5.81. The van der Waals surface area contributed by atoms with Gasteiger partial charge in [0.05, 0.1) is 17.7 Å². The molecule has 0 aliphatic carbocycles. The van der Waals surface area contributed by atoms with E-state index in [0.29, 0.717) is 23.4 Å². The number of benzene rings is 2. The maximum Gasteiger partial charge on any atom is 0.501 e. The summed E-state index contributed by atoms with van der Waals surface area (Å²) in [5.74, 6) is -1.21. The molecule has 1 heterocycles. The van der Waals surface area contributed by atoms with Gasteiger partial charge in [-0.25, -0.2) is 17.8 Å². The quantitative estimate of drug-likeness (QED) is 0.567. The van der Waals surface area contributed by atoms with Crippen LogP contribution in [0.2, 0.25) is 0 Å². The predicted octanol–water partition coefficient (Wildman–Crippen LogP) is 4.50. The van der Waals surface area contributed by atoms with E-state index < -0.39 is 32.0 Å². The first-order valence-electron chi connectivity index (χ1n) is 8.05. The van der Waals surface area contributed by atoms with E-state index in [0.717, 1.165) is 23.5 Å². The van der Waals surface area contributed by atoms with Crippen LogP contribution in [-0.4, -0.2) is 31.9 Å². The minimum Gasteiger partial charge on any atom is -0.494 e. The van der Waals surface area contributed by atoms with Gasteiger partial charge in [-0.2, -0.15) is 13.2 Å². The van der Waals surface area contributed by atoms with Crippen LogP contribution in [0.1, 0.15) is 10.4 Å². The lowest BCUT2D eigenvalue weighted by atomic mass is 10.1. The first-order chi connectivity index (χ1) is 14.0. The number of carbonyl (C=O) groups excluding carboxylic acids is 1. The minimum atomic E-state index is -5.50. The molecule has 0 spiro atoms. The van der Waals surface area contributed by atoms with Crippen molar-refractivity contribution >= 4 is 32.2 Å². The number of rotatable bonds is 5. The molecule has 3 rings (SSSR count). The average molecular weight is 460 g/mol. The molecular weight excluding hydrogens is 448 g/mol. The Balaban J connectivity index is 1.75. The molecular formula is C18H12F4N2O4S2. The predicted molar refractivity (Wildman–Crippen MR) is 102 cm³/mol. The minimum absolute atomic E-state index is 0.0663. The van der Waals surface area contributed by atoms with Crippen LogP contribution in [0.3, 0.4) is 0 Å². The van der Waals surface area contributed by atoms with Crippen LogP contribution >= 0.6 is 11.3 Å². The van der Waals surface area contributed by atoms with Crippen LogP contribution in [-0.2, 0) is 9.84 Å². The number of hydrogen-bond donors (Lipinski definition) is 1. The van der Waals surface area contributed by atoms with Crippen LogP contribution in [0.15, 0.2) is 52.7 Å². The number of hydrogen-bond acceptors (Lipinski definition) is 6. The zero-order chi connectivity index (χ0) is 22.1. The van der Waals surface area contributed by atoms with Crippen molar-refractivity contribution < 1.29 is 35.5 Å². The number of ether oxygens (including phenoxy) is 1. The first kappa shape index (κ1) is 21.7. The summed E-state index contributed by atoms with van der Waals surface area (Å²) in [5.41, 5.74) is -4.66. The number of carbonyl (C=O) groups is 1. The molecule has 1 N–H and O–H groups in total. The number of aromatic nitrogens is 1. The van der Waals surface area contributed by atoms with Crippen molar-refractivity contribution in [1.29, 1.82) is 0 Å². The molecule has 30 heavy (non-hydrogen) atoms. The van der Waals surface area contributed by atoms with Gasteiger partial charge in [0.2, 0.25) is 0 Å². The Morgan fingerprint density at radius 3 is 2.37 bits per heavy atom. The summed E-state index contributed by atoms with van der Waals surface area (Å²) in [6.45, 7) is 0. The van der Waals surface area contributed by atoms with Crippen molar-refractivity contribution in [3.05, 3.63) is 59.2 Å². The molecule has 0 fully saturated rings. The van der Waals surface area contributed by atoms with Gasteiger partial charge in [-0.15, -0.1) is 11.3 Å². The number of nitrogens with zero attached hydrogens (tertiary/aromatic N) is 1. The number of thiazole rings is 1. The van der Waals surface area contributed by atoms with E-state index in [4.69, 9.17) is 4.74 Å². The lowest BCUT2D eigenvalue weighted by Gasteiger charge is -2.08. The summed E-state index contributed by atoms with van der Waals surface area (Å²) in [6, 6.07) is 7.56. The summed E-state index contributed by atoms with van der Waals surface area (Å²) in [5, 5.41) is 4.20. The van der Waals surface area contributed by atoms with Gasteiger partial charge in [-0.3, -0.25) is 10.1 Å². The molecule has 0 aliphatic heterocycles. The highest BCUT2D eigenvalue weighted by Crippen LogP contribution is 2.31. The van der Waals surface area contributed by atoms with E-state index in [2.05, 4.69) is 10.3 Å². The number of sulfone groups is 1. The van der Waals surface area contributed by atoms with E-state index in [1.54, 1.807) is 11.4 Å². The number of anilines is 1. The molecule has 0 saturated heterocycles. The fourth-order valence-electron chi connectivity index (χ4n) is 2.38. The molecule has 0 saturated carbocycles. The summed E-state index contributed by atoms with van der Waals surface area (Å²) < 4.78 is 79.1. The molecule has 0 radical (unpaired) electrons. The van der Waals surface area contributed by atoms with Gasteiger partial charge in [0, 0.05) is 16.5 Å². The first-order valence-corrected chi connectivity index (χ1v) is 10.4. The zero-order valence-electron chi connectivity index (χ0n) is 15.0. The van der Waals surface area contributed by atoms with Crippen molar-refractivity contribution in [2.45, 2.75) is 10.4 Å². The zero-order valence-corrected chi connectivity index (χ0v) is 16.7. The van der Waals surface area contributed by atoms with Crippen molar-refractivity contribution in [2.24, 2.45) is 0 Å². The van der Waals surface area contributed by atoms with Crippen molar-refractivity contribution in [1.82, 2.24) is 4.98 Å². The van der Waals surface area contributed by atoms with Crippen molar-refractivity contribution in [3.63, 3.8) is 0 Å². The van der Waals surface area contributed by atoms with Crippen molar-refractivity contribution in [2.75, 3.05) is 12.4 Å². The average Bonchev–Trinajstić information content (AvgIpc) is 3.15. The van der Waals surface area contributed by atoms with E-state index in [1.165, 1.54) is 19.2 Å². The molecule has 12 heteroatoms. The third-order valence-electron chi connectivity index (χ3n) is 3.90. The topological polar surface area (TPSA) is 85.4 Å². The maximum atomic E-state index is 13.8. The molecule has 0 atom stereocenters. The Bertz CT molecular complexity index is 1190. The number of alkyl halides is 3. The van der Waals surface area contributed by atoms with Gasteiger partial charge in [-0.05, 0) is 42.5 Å². The highest BCUT2D eigenvalue weighted by molar-refractivity contribution is 7.92. The molecule has 158 valence electrons. The molecule has 0 bridgehead atoms. The Morgan fingerprint density at radius 1 is 1.13 bits per heavy atom. The molecule has 0 unspecified atom stereocenters. The smallest absolute Gasteiger partial charge is 0.494 e. The molecule has 6 nitrogen and oxygen atoms in total. The van der Waals surface area contributed by atoms with E-state index in [9.17, 15) is 30.8 Å². The molecule has 3 aromatic rings. The molecule has 1 aromatic heterocycles. The fraction of sp³-hybridized carbons (Fsp3) is 0.111. The largest absolute Gasteiger partial charge is 0.501 e. The van der Waals surface area contributed by atoms with E-state index in [1.807, 2.05) is 0 Å². The molecule has 1 amide bonds. The standard InChI is InChI=1S/C18H12F4N2O4S2/c1-28-15-7-4-11(8-13(15)19)14-9-29-17(23-14)24-16(25)10-2-5-12(6-3-10)30(26,27)18(20,21)22/h2-9H,1H3,(H,23,24,25). The lowest BCUT2D eigenvalue weighted by molar-refractivity contribution is -0.0436. The summed E-state index contributed by atoms with van der Waals surface area (Å²) in [6.07, 6.45) is 0. The third-order valence-corrected chi connectivity index (χ3v) is 6.16. The molecule has 0 aliphatic rings. The van der Waals surface area contributed by atoms with E-state index in [-0.39, 0.29) is 16.4 Å². The molecule has 2 aromatic carbocycles. The summed E-state index contributed by atoms with van der Waals surface area (Å²) >= 11 is 1.05. The Labute approximate surface area is 172 Å². The number of methoxy groups -OCH3 is 1. The normalized spacial score (nSPS) is 11.9. The van der Waals surface area contributed by atoms with Gasteiger partial charge in [0.15, 0.2) is 16.7 Å². The highest BCUT2D eigenvalue weighted by atomic mass is 32.2. The van der Waals surface area contributed by atoms with Crippen LogP contribution in [0.4, 0.5) is 22.7 Å². The number of nitrogens with one attached hydrogen (secondary N) is 1. The van der Waals surface area contributed by atoms with Gasteiger partial charge in [0.25, 0.3) is 15.7 Å². The van der Waals surface area contributed by atoms with Crippen molar-refractivity contribution in [3.8, 4) is 17.0 Å². The Morgan fingerprint density at radius 2 is 1.80 bits per heavy atom. The Hall–Kier alpha value is -2.99. The van der Waals surface area contributed by atoms with Crippen LogP contribution in [0, 0.1) is 5.82 Å². The summed E-state index contributed by atoms with van der Waals surface area (Å²) in [7, 11) is -4.16. The summed E-state index contributed by atoms with van der Waals surface area (Å²) in [4.78, 5) is 15.5. The maximum absolute atomic E-state index is 13.8. The van der Waals surface area contributed by atoms with Gasteiger partial charge < -0.3 is 4.74 Å². The third kappa shape index (κ3) is 4.28. The highest BCUT2D eigenvalue weighted by Gasteiger charge is 2.46. The SMILES string of the molecule is COc1ccc(-c2csc(NC(=O)c3ccc(S(=O)(=O)C(F)(F)F)cc3)n2)cc1F. The van der Waals surface area contributed by atoms with Crippen LogP contribution < -0.4 is 10.1 Å². The van der Waals surface area contributed by atoms with Gasteiger partial charge in [-0.1, -0.05) is 0 Å². The monoisotopic (exact) mass is 460 g/mol. The van der Waals surface area contributed by atoms with Gasteiger partial charge in [0.1, 0.15) is 0 Å². The number of amides is 1. The van der Waals surface area contributed by atoms with E-state index >= 15 is 0 Å². The second kappa shape index (κ2) is 8.03. The van der Waals surface area contributed by atoms with Gasteiger partial charge >= 0.3 is 5.51 Å². The second-order valence-corrected chi connectivity index (χ2v) is 8.61.